The van der Waals surface area contributed by atoms with Crippen LogP contribution in [0.15, 0.2) is 4.99 Å². The lowest BCUT2D eigenvalue weighted by Crippen LogP contribution is -2.42. The summed E-state index contributed by atoms with van der Waals surface area (Å²) in [6.45, 7) is 6.69. The van der Waals surface area contributed by atoms with Crippen molar-refractivity contribution in [3.8, 4) is 0 Å². The second-order valence-electron chi connectivity index (χ2n) is 6.31. The zero-order valence-corrected chi connectivity index (χ0v) is 16.6. The minimum atomic E-state index is 0. The van der Waals surface area contributed by atoms with Crippen LogP contribution in [-0.2, 0) is 4.79 Å². The van der Waals surface area contributed by atoms with Gasteiger partial charge in [0.25, 0.3) is 0 Å². The van der Waals surface area contributed by atoms with Crippen molar-refractivity contribution in [3.05, 3.63) is 0 Å². The normalized spacial score (nSPS) is 15.5. The number of carbonyl (C=O) groups is 1. The Balaban J connectivity index is 0.00000441. The Kier molecular flexibility index (Phi) is 12.6. The molecule has 0 aromatic carbocycles. The zero-order valence-electron chi connectivity index (χ0n) is 14.3. The molecule has 1 saturated carbocycles. The zero-order chi connectivity index (χ0) is 15.5. The smallest absolute Gasteiger partial charge is 0.220 e. The van der Waals surface area contributed by atoms with E-state index < -0.39 is 0 Å². The summed E-state index contributed by atoms with van der Waals surface area (Å²) in [7, 11) is 1.77. The average Bonchev–Trinajstić information content (AvgIpc) is 2.93. The molecule has 0 aromatic heterocycles. The van der Waals surface area contributed by atoms with E-state index in [0.717, 1.165) is 18.9 Å². The van der Waals surface area contributed by atoms with E-state index in [4.69, 9.17) is 0 Å². The van der Waals surface area contributed by atoms with Crippen LogP contribution in [0.4, 0.5) is 0 Å². The standard InChI is InChI=1S/C16H32N4O.HI/c1-13(2)8-9-19-16(17-3)20-11-10-18-15(21)12-14-6-4-5-7-14;/h13-14H,4-12H2,1-3H3,(H,18,21)(H2,17,19,20);1H. The molecule has 0 aromatic rings. The SMILES string of the molecule is CN=C(NCCNC(=O)CC1CCCC1)NCCC(C)C.I. The first-order valence-electron chi connectivity index (χ1n) is 8.33. The van der Waals surface area contributed by atoms with Crippen LogP contribution in [0.2, 0.25) is 0 Å². The van der Waals surface area contributed by atoms with Crippen LogP contribution in [0.25, 0.3) is 0 Å². The van der Waals surface area contributed by atoms with E-state index in [9.17, 15) is 4.79 Å². The van der Waals surface area contributed by atoms with Gasteiger partial charge in [0.1, 0.15) is 0 Å². The molecule has 1 amide bonds. The minimum Gasteiger partial charge on any atom is -0.356 e. The van der Waals surface area contributed by atoms with Gasteiger partial charge in [-0.3, -0.25) is 9.79 Å². The van der Waals surface area contributed by atoms with Crippen LogP contribution in [0, 0.1) is 11.8 Å². The van der Waals surface area contributed by atoms with Crippen molar-refractivity contribution in [3.63, 3.8) is 0 Å². The maximum absolute atomic E-state index is 11.8. The van der Waals surface area contributed by atoms with E-state index in [1.54, 1.807) is 7.05 Å². The van der Waals surface area contributed by atoms with Crippen molar-refractivity contribution >= 4 is 35.8 Å². The number of nitrogens with zero attached hydrogens (tertiary/aromatic N) is 1. The molecule has 0 atom stereocenters. The second-order valence-corrected chi connectivity index (χ2v) is 6.31. The highest BCUT2D eigenvalue weighted by atomic mass is 127. The summed E-state index contributed by atoms with van der Waals surface area (Å²) in [5.74, 6) is 2.29. The Bertz CT molecular complexity index is 328. The third-order valence-corrected chi connectivity index (χ3v) is 3.93. The van der Waals surface area contributed by atoms with Gasteiger partial charge in [-0.15, -0.1) is 24.0 Å². The van der Waals surface area contributed by atoms with E-state index >= 15 is 0 Å². The van der Waals surface area contributed by atoms with Crippen LogP contribution < -0.4 is 16.0 Å². The summed E-state index contributed by atoms with van der Waals surface area (Å²) in [6, 6.07) is 0. The van der Waals surface area contributed by atoms with Gasteiger partial charge >= 0.3 is 0 Å². The molecule has 0 saturated heterocycles. The number of halogens is 1. The second kappa shape index (κ2) is 13.0. The first-order chi connectivity index (χ1) is 10.1. The number of hydrogen-bond acceptors (Lipinski definition) is 2. The van der Waals surface area contributed by atoms with Gasteiger partial charge in [-0.2, -0.15) is 0 Å². The third-order valence-electron chi connectivity index (χ3n) is 3.93. The van der Waals surface area contributed by atoms with Gasteiger partial charge in [-0.05, 0) is 31.1 Å². The highest BCUT2D eigenvalue weighted by Gasteiger charge is 2.17. The molecule has 0 heterocycles. The van der Waals surface area contributed by atoms with E-state index in [1.165, 1.54) is 25.7 Å². The van der Waals surface area contributed by atoms with E-state index in [2.05, 4.69) is 34.8 Å². The van der Waals surface area contributed by atoms with Gasteiger partial charge < -0.3 is 16.0 Å². The lowest BCUT2D eigenvalue weighted by Gasteiger charge is -2.13. The monoisotopic (exact) mass is 424 g/mol. The summed E-state index contributed by atoms with van der Waals surface area (Å²) in [4.78, 5) is 15.9. The summed E-state index contributed by atoms with van der Waals surface area (Å²) in [5.41, 5.74) is 0. The maximum atomic E-state index is 11.8. The Morgan fingerprint density at radius 1 is 1.09 bits per heavy atom. The van der Waals surface area contributed by atoms with Crippen molar-refractivity contribution < 1.29 is 4.79 Å². The fourth-order valence-electron chi connectivity index (χ4n) is 2.63. The lowest BCUT2D eigenvalue weighted by atomic mass is 10.0. The summed E-state index contributed by atoms with van der Waals surface area (Å²) >= 11 is 0. The number of nitrogens with one attached hydrogen (secondary N) is 3. The predicted octanol–water partition coefficient (Wildman–Crippen LogP) is 2.51. The number of guanidine groups is 1. The summed E-state index contributed by atoms with van der Waals surface area (Å²) < 4.78 is 0. The van der Waals surface area contributed by atoms with Gasteiger partial charge in [0.15, 0.2) is 5.96 Å². The van der Waals surface area contributed by atoms with Crippen molar-refractivity contribution in [1.82, 2.24) is 16.0 Å². The Morgan fingerprint density at radius 3 is 2.27 bits per heavy atom. The van der Waals surface area contributed by atoms with Crippen LogP contribution in [0.3, 0.4) is 0 Å². The first kappa shape index (κ1) is 21.5. The van der Waals surface area contributed by atoms with Crippen molar-refractivity contribution in [2.75, 3.05) is 26.7 Å². The van der Waals surface area contributed by atoms with Crippen molar-refractivity contribution in [2.24, 2.45) is 16.8 Å². The van der Waals surface area contributed by atoms with E-state index in [-0.39, 0.29) is 29.9 Å². The highest BCUT2D eigenvalue weighted by Crippen LogP contribution is 2.27. The molecule has 1 rings (SSSR count). The minimum absolute atomic E-state index is 0. The number of hydrogen-bond donors (Lipinski definition) is 3. The summed E-state index contributed by atoms with van der Waals surface area (Å²) in [6.07, 6.45) is 6.84. The third kappa shape index (κ3) is 10.2. The lowest BCUT2D eigenvalue weighted by molar-refractivity contribution is -0.121. The Hall–Kier alpha value is -0.530. The van der Waals surface area contributed by atoms with E-state index in [1.807, 2.05) is 0 Å². The fraction of sp³-hybridized carbons (Fsp3) is 0.875. The van der Waals surface area contributed by atoms with Gasteiger partial charge in [-0.25, -0.2) is 0 Å². The molecule has 5 nitrogen and oxygen atoms in total. The molecule has 1 aliphatic carbocycles. The molecule has 3 N–H and O–H groups in total. The Labute approximate surface area is 152 Å². The van der Waals surface area contributed by atoms with Gasteiger partial charge in [0.05, 0.1) is 0 Å². The molecule has 0 spiro atoms. The molecular weight excluding hydrogens is 391 g/mol. The molecule has 22 heavy (non-hydrogen) atoms. The quantitative estimate of drug-likeness (QED) is 0.243. The molecule has 0 unspecified atom stereocenters. The average molecular weight is 424 g/mol. The number of amides is 1. The van der Waals surface area contributed by atoms with Gasteiger partial charge in [0, 0.05) is 33.1 Å². The molecule has 0 radical (unpaired) electrons. The maximum Gasteiger partial charge on any atom is 0.220 e. The molecule has 1 aliphatic rings. The largest absolute Gasteiger partial charge is 0.356 e. The van der Waals surface area contributed by atoms with E-state index in [0.29, 0.717) is 31.3 Å². The predicted molar refractivity (Wildman–Crippen MR) is 104 cm³/mol. The fourth-order valence-corrected chi connectivity index (χ4v) is 2.63. The molecular formula is C16H33IN4O. The van der Waals surface area contributed by atoms with Crippen molar-refractivity contribution in [1.29, 1.82) is 0 Å². The molecule has 0 aliphatic heterocycles. The van der Waals surface area contributed by atoms with Crippen LogP contribution in [-0.4, -0.2) is 38.5 Å². The van der Waals surface area contributed by atoms with Gasteiger partial charge in [0.2, 0.25) is 5.91 Å². The van der Waals surface area contributed by atoms with Crippen molar-refractivity contribution in [2.45, 2.75) is 52.4 Å². The van der Waals surface area contributed by atoms with Crippen LogP contribution >= 0.6 is 24.0 Å². The summed E-state index contributed by atoms with van der Waals surface area (Å²) in [5, 5.41) is 9.47. The number of aliphatic imine (C=N–C) groups is 1. The van der Waals surface area contributed by atoms with Gasteiger partial charge in [-0.1, -0.05) is 26.7 Å². The first-order valence-corrected chi connectivity index (χ1v) is 8.33. The Morgan fingerprint density at radius 2 is 1.68 bits per heavy atom. The topological polar surface area (TPSA) is 65.5 Å². The molecule has 1 fully saturated rings. The molecule has 6 heteroatoms. The number of rotatable bonds is 8. The van der Waals surface area contributed by atoms with Crippen LogP contribution in [0.1, 0.15) is 52.4 Å². The van der Waals surface area contributed by atoms with Crippen LogP contribution in [0.5, 0.6) is 0 Å². The molecule has 130 valence electrons. The highest BCUT2D eigenvalue weighted by molar-refractivity contribution is 14.0. The molecule has 0 bridgehead atoms. The number of carbonyl (C=O) groups excluding carboxylic acids is 1.